The van der Waals surface area contributed by atoms with Crippen LogP contribution in [0, 0.1) is 0 Å². The summed E-state index contributed by atoms with van der Waals surface area (Å²) in [6.07, 6.45) is 4.62. The molecule has 1 unspecified atom stereocenters. The number of rotatable bonds is 5. The molecule has 5 heteroatoms. The third kappa shape index (κ3) is 2.89. The van der Waals surface area contributed by atoms with E-state index in [-0.39, 0.29) is 0 Å². The Balaban J connectivity index is 2.28. The summed E-state index contributed by atoms with van der Waals surface area (Å²) in [6.45, 7) is 2.44. The van der Waals surface area contributed by atoms with E-state index in [0.717, 1.165) is 12.0 Å². The summed E-state index contributed by atoms with van der Waals surface area (Å²) in [4.78, 5) is 3.89. The summed E-state index contributed by atoms with van der Waals surface area (Å²) in [6, 6.07) is 7.29. The van der Waals surface area contributed by atoms with Gasteiger partial charge in [0.25, 0.3) is 0 Å². The first-order valence-electron chi connectivity index (χ1n) is 5.95. The zero-order chi connectivity index (χ0) is 13.0. The van der Waals surface area contributed by atoms with Gasteiger partial charge in [-0.25, -0.2) is 9.67 Å². The first-order chi connectivity index (χ1) is 8.64. The molecule has 0 aliphatic carbocycles. The van der Waals surface area contributed by atoms with E-state index < -0.39 is 5.60 Å². The summed E-state index contributed by atoms with van der Waals surface area (Å²) in [5, 5.41) is 15.5. The molecule has 1 aromatic heterocycles. The van der Waals surface area contributed by atoms with Crippen LogP contribution in [0.15, 0.2) is 36.9 Å². The van der Waals surface area contributed by atoms with Crippen LogP contribution >= 0.6 is 11.6 Å². The highest BCUT2D eigenvalue weighted by Crippen LogP contribution is 2.29. The zero-order valence-electron chi connectivity index (χ0n) is 10.3. The van der Waals surface area contributed by atoms with Gasteiger partial charge in [0, 0.05) is 5.02 Å². The smallest absolute Gasteiger partial charge is 0.137 e. The van der Waals surface area contributed by atoms with E-state index in [1.165, 1.54) is 6.33 Å². The molecule has 0 amide bonds. The molecule has 2 rings (SSSR count). The molecular weight excluding hydrogens is 250 g/mol. The lowest BCUT2D eigenvalue weighted by Crippen LogP contribution is -2.31. The molecule has 2 aromatic rings. The maximum Gasteiger partial charge on any atom is 0.137 e. The lowest BCUT2D eigenvalue weighted by atomic mass is 9.89. The minimum Gasteiger partial charge on any atom is -0.383 e. The van der Waals surface area contributed by atoms with Gasteiger partial charge in [-0.2, -0.15) is 5.10 Å². The van der Waals surface area contributed by atoms with Gasteiger partial charge >= 0.3 is 0 Å². The Morgan fingerprint density at radius 1 is 1.33 bits per heavy atom. The van der Waals surface area contributed by atoms with Gasteiger partial charge in [0.2, 0.25) is 0 Å². The third-order valence-electron chi connectivity index (χ3n) is 2.94. The summed E-state index contributed by atoms with van der Waals surface area (Å²) in [5.41, 5.74) is -0.0863. The molecule has 96 valence electrons. The molecule has 0 radical (unpaired) electrons. The molecule has 1 atom stereocenters. The molecule has 0 fully saturated rings. The van der Waals surface area contributed by atoms with Crippen LogP contribution in [-0.2, 0) is 12.1 Å². The number of hydrogen-bond acceptors (Lipinski definition) is 3. The van der Waals surface area contributed by atoms with E-state index in [1.54, 1.807) is 23.1 Å². The fraction of sp³-hybridized carbons (Fsp3) is 0.385. The third-order valence-corrected chi connectivity index (χ3v) is 3.19. The van der Waals surface area contributed by atoms with Crippen molar-refractivity contribution < 1.29 is 5.11 Å². The number of benzene rings is 1. The summed E-state index contributed by atoms with van der Waals surface area (Å²) < 4.78 is 1.64. The van der Waals surface area contributed by atoms with Crippen LogP contribution in [0.2, 0.25) is 5.02 Å². The second kappa shape index (κ2) is 5.50. The Labute approximate surface area is 111 Å². The lowest BCUT2D eigenvalue weighted by Gasteiger charge is -2.28. The van der Waals surface area contributed by atoms with Gasteiger partial charge < -0.3 is 5.11 Å². The monoisotopic (exact) mass is 265 g/mol. The minimum absolute atomic E-state index is 0.391. The van der Waals surface area contributed by atoms with E-state index in [0.29, 0.717) is 18.0 Å². The lowest BCUT2D eigenvalue weighted by molar-refractivity contribution is 0.00553. The Morgan fingerprint density at radius 3 is 2.61 bits per heavy atom. The molecule has 18 heavy (non-hydrogen) atoms. The average Bonchev–Trinajstić information content (AvgIpc) is 2.82. The minimum atomic E-state index is -0.937. The van der Waals surface area contributed by atoms with Crippen LogP contribution in [0.4, 0.5) is 0 Å². The first kappa shape index (κ1) is 13.1. The van der Waals surface area contributed by atoms with Crippen LogP contribution in [0.3, 0.4) is 0 Å². The predicted molar refractivity (Wildman–Crippen MR) is 70.3 cm³/mol. The van der Waals surface area contributed by atoms with E-state index in [4.69, 9.17) is 11.6 Å². The van der Waals surface area contributed by atoms with Crippen LogP contribution < -0.4 is 0 Å². The normalized spacial score (nSPS) is 14.4. The van der Waals surface area contributed by atoms with Gasteiger partial charge in [-0.05, 0) is 24.1 Å². The van der Waals surface area contributed by atoms with E-state index in [9.17, 15) is 5.11 Å². The highest BCUT2D eigenvalue weighted by atomic mass is 35.5. The Hall–Kier alpha value is -1.39. The fourth-order valence-electron chi connectivity index (χ4n) is 2.07. The number of halogens is 1. The Kier molecular flexibility index (Phi) is 3.99. The summed E-state index contributed by atoms with van der Waals surface area (Å²) in [5.74, 6) is 0. The second-order valence-electron chi connectivity index (χ2n) is 4.38. The Bertz CT molecular complexity index is 483. The fourth-order valence-corrected chi connectivity index (χ4v) is 2.20. The molecular formula is C13H16ClN3O. The van der Waals surface area contributed by atoms with Gasteiger partial charge in [0.1, 0.15) is 18.3 Å². The SMILES string of the molecule is CCCC(O)(Cn1cncn1)c1ccc(Cl)cc1. The second-order valence-corrected chi connectivity index (χ2v) is 4.82. The first-order valence-corrected chi connectivity index (χ1v) is 6.33. The molecule has 1 aromatic carbocycles. The molecule has 0 spiro atoms. The average molecular weight is 266 g/mol. The molecule has 0 saturated carbocycles. The van der Waals surface area contributed by atoms with Gasteiger partial charge in [0.15, 0.2) is 0 Å². The topological polar surface area (TPSA) is 50.9 Å². The maximum absolute atomic E-state index is 10.8. The molecule has 1 N–H and O–H groups in total. The van der Waals surface area contributed by atoms with Crippen molar-refractivity contribution in [3.05, 3.63) is 47.5 Å². The van der Waals surface area contributed by atoms with Crippen molar-refractivity contribution in [1.82, 2.24) is 14.8 Å². The number of nitrogens with zero attached hydrogens (tertiary/aromatic N) is 3. The predicted octanol–water partition coefficient (Wildman–Crippen LogP) is 2.62. The highest BCUT2D eigenvalue weighted by Gasteiger charge is 2.29. The van der Waals surface area contributed by atoms with Gasteiger partial charge in [-0.1, -0.05) is 37.1 Å². The number of aromatic nitrogens is 3. The van der Waals surface area contributed by atoms with Crippen molar-refractivity contribution in [2.24, 2.45) is 0 Å². The van der Waals surface area contributed by atoms with E-state index >= 15 is 0 Å². The van der Waals surface area contributed by atoms with Crippen molar-refractivity contribution in [1.29, 1.82) is 0 Å². The van der Waals surface area contributed by atoms with Gasteiger partial charge in [0.05, 0.1) is 6.54 Å². The zero-order valence-corrected chi connectivity index (χ0v) is 11.0. The van der Waals surface area contributed by atoms with Crippen molar-refractivity contribution in [3.63, 3.8) is 0 Å². The van der Waals surface area contributed by atoms with Crippen LogP contribution in [0.25, 0.3) is 0 Å². The van der Waals surface area contributed by atoms with Crippen LogP contribution in [0.5, 0.6) is 0 Å². The standard InChI is InChI=1S/C13H16ClN3O/c1-2-7-13(18,8-17-10-15-9-16-17)11-3-5-12(14)6-4-11/h3-6,9-10,18H,2,7-8H2,1H3. The molecule has 0 aliphatic rings. The van der Waals surface area contributed by atoms with Crippen molar-refractivity contribution in [2.75, 3.05) is 0 Å². The highest BCUT2D eigenvalue weighted by molar-refractivity contribution is 6.30. The van der Waals surface area contributed by atoms with Crippen molar-refractivity contribution in [2.45, 2.75) is 31.9 Å². The summed E-state index contributed by atoms with van der Waals surface area (Å²) in [7, 11) is 0. The van der Waals surface area contributed by atoms with Crippen molar-refractivity contribution in [3.8, 4) is 0 Å². The molecule has 4 nitrogen and oxygen atoms in total. The van der Waals surface area contributed by atoms with Gasteiger partial charge in [-0.15, -0.1) is 0 Å². The largest absolute Gasteiger partial charge is 0.383 e. The van der Waals surface area contributed by atoms with Crippen molar-refractivity contribution >= 4 is 11.6 Å². The van der Waals surface area contributed by atoms with Crippen LogP contribution in [-0.4, -0.2) is 19.9 Å². The van der Waals surface area contributed by atoms with Crippen LogP contribution in [0.1, 0.15) is 25.3 Å². The Morgan fingerprint density at radius 2 is 2.06 bits per heavy atom. The van der Waals surface area contributed by atoms with E-state index in [2.05, 4.69) is 10.1 Å². The number of hydrogen-bond donors (Lipinski definition) is 1. The molecule has 0 aliphatic heterocycles. The maximum atomic E-state index is 10.8. The quantitative estimate of drug-likeness (QED) is 0.904. The number of aliphatic hydroxyl groups is 1. The summed E-state index contributed by atoms with van der Waals surface area (Å²) >= 11 is 5.87. The van der Waals surface area contributed by atoms with Gasteiger partial charge in [-0.3, -0.25) is 0 Å². The molecule has 1 heterocycles. The van der Waals surface area contributed by atoms with E-state index in [1.807, 2.05) is 19.1 Å². The molecule has 0 saturated heterocycles. The molecule has 0 bridgehead atoms.